The van der Waals surface area contributed by atoms with Gasteiger partial charge in [-0.2, -0.15) is 0 Å². The number of carbonyl (C=O) groups excluding carboxylic acids is 1. The Kier molecular flexibility index (Phi) is 6.49. The number of benzene rings is 1. The van der Waals surface area contributed by atoms with Gasteiger partial charge in [0, 0.05) is 31.7 Å². The van der Waals surface area contributed by atoms with E-state index in [1.807, 2.05) is 6.92 Å². The Morgan fingerprint density at radius 1 is 1.26 bits per heavy atom. The Hall–Kier alpha value is -1.51. The molecular weight excluding hydrogens is 284 g/mol. The van der Waals surface area contributed by atoms with Gasteiger partial charge >= 0.3 is 0 Å². The van der Waals surface area contributed by atoms with Crippen molar-refractivity contribution < 1.29 is 4.79 Å². The van der Waals surface area contributed by atoms with E-state index in [0.29, 0.717) is 18.9 Å². The maximum absolute atomic E-state index is 11.6. The van der Waals surface area contributed by atoms with Gasteiger partial charge in [0.25, 0.3) is 0 Å². The van der Waals surface area contributed by atoms with Gasteiger partial charge in [-0.15, -0.1) is 0 Å². The Morgan fingerprint density at radius 2 is 1.96 bits per heavy atom. The minimum absolute atomic E-state index is 0.121. The number of rotatable bonds is 6. The van der Waals surface area contributed by atoms with Gasteiger partial charge < -0.3 is 10.2 Å². The Morgan fingerprint density at radius 3 is 2.52 bits per heavy atom. The zero-order valence-corrected chi connectivity index (χ0v) is 15.2. The van der Waals surface area contributed by atoms with E-state index in [1.54, 1.807) is 0 Å². The van der Waals surface area contributed by atoms with Crippen LogP contribution >= 0.6 is 0 Å². The van der Waals surface area contributed by atoms with Gasteiger partial charge in [-0.25, -0.2) is 0 Å². The van der Waals surface area contributed by atoms with Crippen LogP contribution < -0.4 is 10.2 Å². The molecule has 1 aromatic carbocycles. The van der Waals surface area contributed by atoms with Crippen molar-refractivity contribution in [3.8, 4) is 0 Å². The van der Waals surface area contributed by atoms with Crippen molar-refractivity contribution in [2.75, 3.05) is 18.0 Å². The van der Waals surface area contributed by atoms with E-state index in [-0.39, 0.29) is 5.91 Å². The maximum atomic E-state index is 11.6. The first-order chi connectivity index (χ1) is 11.0. The molecule has 1 aliphatic rings. The van der Waals surface area contributed by atoms with Crippen LogP contribution in [0.25, 0.3) is 0 Å². The molecule has 3 nitrogen and oxygen atoms in total. The average molecular weight is 316 g/mol. The highest BCUT2D eigenvalue weighted by molar-refractivity contribution is 5.75. The zero-order valence-electron chi connectivity index (χ0n) is 15.2. The van der Waals surface area contributed by atoms with Crippen LogP contribution in [0.2, 0.25) is 0 Å². The number of hydrogen-bond acceptors (Lipinski definition) is 2. The number of anilines is 1. The van der Waals surface area contributed by atoms with Crippen LogP contribution in [0.3, 0.4) is 0 Å². The minimum Gasteiger partial charge on any atom is -0.371 e. The summed E-state index contributed by atoms with van der Waals surface area (Å²) in [5.74, 6) is 1.51. The van der Waals surface area contributed by atoms with Gasteiger partial charge in [-0.3, -0.25) is 4.79 Å². The second kappa shape index (κ2) is 8.37. The molecule has 1 N–H and O–H groups in total. The summed E-state index contributed by atoms with van der Waals surface area (Å²) in [6.45, 7) is 11.5. The predicted octanol–water partition coefficient (Wildman–Crippen LogP) is 4.46. The van der Waals surface area contributed by atoms with Gasteiger partial charge in [0.1, 0.15) is 0 Å². The number of nitrogens with one attached hydrogen (secondary N) is 1. The lowest BCUT2D eigenvalue weighted by atomic mass is 9.93. The first-order valence-electron chi connectivity index (χ1n) is 9.19. The van der Waals surface area contributed by atoms with E-state index in [0.717, 1.165) is 19.0 Å². The van der Waals surface area contributed by atoms with E-state index in [1.165, 1.54) is 36.1 Å². The quantitative estimate of drug-likeness (QED) is 0.840. The molecule has 1 amide bonds. The number of hydrogen-bond donors (Lipinski definition) is 1. The van der Waals surface area contributed by atoms with Gasteiger partial charge in [0.2, 0.25) is 5.91 Å². The van der Waals surface area contributed by atoms with E-state index in [2.05, 4.69) is 49.2 Å². The smallest absolute Gasteiger partial charge is 0.219 e. The fourth-order valence-corrected chi connectivity index (χ4v) is 3.32. The van der Waals surface area contributed by atoms with Crippen LogP contribution in [-0.4, -0.2) is 19.0 Å². The van der Waals surface area contributed by atoms with Gasteiger partial charge in [0.05, 0.1) is 0 Å². The maximum Gasteiger partial charge on any atom is 0.219 e. The van der Waals surface area contributed by atoms with E-state index in [9.17, 15) is 4.79 Å². The lowest BCUT2D eigenvalue weighted by molar-refractivity contribution is -0.120. The molecule has 1 aromatic rings. The van der Waals surface area contributed by atoms with Crippen molar-refractivity contribution in [3.63, 3.8) is 0 Å². The molecule has 1 heterocycles. The zero-order chi connectivity index (χ0) is 16.8. The van der Waals surface area contributed by atoms with Crippen molar-refractivity contribution in [1.29, 1.82) is 0 Å². The molecular formula is C20H32N2O. The van der Waals surface area contributed by atoms with Gasteiger partial charge in [-0.05, 0) is 41.9 Å². The molecule has 0 unspecified atom stereocenters. The fraction of sp³-hybridized carbons (Fsp3) is 0.650. The third-order valence-corrected chi connectivity index (χ3v) is 5.10. The Balaban J connectivity index is 2.18. The summed E-state index contributed by atoms with van der Waals surface area (Å²) in [5.41, 5.74) is 3.91. The monoisotopic (exact) mass is 316 g/mol. The van der Waals surface area contributed by atoms with Crippen molar-refractivity contribution in [1.82, 2.24) is 5.32 Å². The molecule has 0 spiro atoms. The normalized spacial score (nSPS) is 16.0. The van der Waals surface area contributed by atoms with E-state index in [4.69, 9.17) is 0 Å². The summed E-state index contributed by atoms with van der Waals surface area (Å²) >= 11 is 0. The second-order valence-corrected chi connectivity index (χ2v) is 7.01. The molecule has 0 radical (unpaired) electrons. The van der Waals surface area contributed by atoms with Crippen molar-refractivity contribution >= 4 is 11.6 Å². The third kappa shape index (κ3) is 4.73. The molecule has 0 saturated carbocycles. The Bertz CT molecular complexity index is 516. The van der Waals surface area contributed by atoms with Crippen LogP contribution in [0.4, 0.5) is 5.69 Å². The summed E-state index contributed by atoms with van der Waals surface area (Å²) in [5, 5.41) is 3.05. The average Bonchev–Trinajstić information content (AvgIpc) is 2.59. The molecule has 0 aromatic heterocycles. The number of nitrogens with zero attached hydrogens (tertiary/aromatic N) is 1. The van der Waals surface area contributed by atoms with Crippen molar-refractivity contribution in [3.05, 3.63) is 29.3 Å². The number of amides is 1. The van der Waals surface area contributed by atoms with E-state index < -0.39 is 0 Å². The SMILES string of the molecule is CCC(=O)NCc1cc(C(C)C)ccc1N1CCC(CC)CC1. The third-order valence-electron chi connectivity index (χ3n) is 5.10. The highest BCUT2D eigenvalue weighted by Gasteiger charge is 2.20. The molecule has 1 saturated heterocycles. The lowest BCUT2D eigenvalue weighted by Gasteiger charge is -2.35. The number of carbonyl (C=O) groups is 1. The highest BCUT2D eigenvalue weighted by atomic mass is 16.1. The highest BCUT2D eigenvalue weighted by Crippen LogP contribution is 2.30. The van der Waals surface area contributed by atoms with Crippen molar-refractivity contribution in [2.45, 2.75) is 65.8 Å². The van der Waals surface area contributed by atoms with Gasteiger partial charge in [-0.1, -0.05) is 46.2 Å². The largest absolute Gasteiger partial charge is 0.371 e. The standard InChI is InChI=1S/C20H32N2O/c1-5-16-9-11-22(12-10-16)19-8-7-17(15(3)4)13-18(19)14-21-20(23)6-2/h7-8,13,15-16H,5-6,9-12,14H2,1-4H3,(H,21,23). The van der Waals surface area contributed by atoms with Crippen LogP contribution in [0.1, 0.15) is 70.4 Å². The summed E-state index contributed by atoms with van der Waals surface area (Å²) < 4.78 is 0. The Labute approximate surface area is 141 Å². The van der Waals surface area contributed by atoms with Gasteiger partial charge in [0.15, 0.2) is 0 Å². The minimum atomic E-state index is 0.121. The molecule has 23 heavy (non-hydrogen) atoms. The van der Waals surface area contributed by atoms with Crippen LogP contribution in [-0.2, 0) is 11.3 Å². The fourth-order valence-electron chi connectivity index (χ4n) is 3.32. The summed E-state index contributed by atoms with van der Waals surface area (Å²) in [6, 6.07) is 6.79. The van der Waals surface area contributed by atoms with E-state index >= 15 is 0 Å². The van der Waals surface area contributed by atoms with Crippen LogP contribution in [0.15, 0.2) is 18.2 Å². The summed E-state index contributed by atoms with van der Waals surface area (Å²) in [6.07, 6.45) is 4.40. The van der Waals surface area contributed by atoms with Crippen LogP contribution in [0, 0.1) is 5.92 Å². The first kappa shape index (κ1) is 17.8. The molecule has 1 fully saturated rings. The molecule has 3 heteroatoms. The molecule has 2 rings (SSSR count). The summed E-state index contributed by atoms with van der Waals surface area (Å²) in [7, 11) is 0. The topological polar surface area (TPSA) is 32.3 Å². The number of piperidine rings is 1. The molecule has 1 aliphatic heterocycles. The summed E-state index contributed by atoms with van der Waals surface area (Å²) in [4.78, 5) is 14.2. The molecule has 0 atom stereocenters. The molecule has 0 bridgehead atoms. The lowest BCUT2D eigenvalue weighted by Crippen LogP contribution is -2.34. The van der Waals surface area contributed by atoms with Crippen molar-refractivity contribution in [2.24, 2.45) is 5.92 Å². The van der Waals surface area contributed by atoms with Crippen LogP contribution in [0.5, 0.6) is 0 Å². The second-order valence-electron chi connectivity index (χ2n) is 7.01. The first-order valence-corrected chi connectivity index (χ1v) is 9.19. The predicted molar refractivity (Wildman–Crippen MR) is 97.9 cm³/mol. The molecule has 128 valence electrons. The molecule has 0 aliphatic carbocycles.